The van der Waals surface area contributed by atoms with Crippen LogP contribution in [0.5, 0.6) is 0 Å². The van der Waals surface area contributed by atoms with Crippen LogP contribution < -0.4 is 39.9 Å². The zero-order chi connectivity index (χ0) is 37.1. The minimum absolute atomic E-state index is 0.227. The highest BCUT2D eigenvalue weighted by Gasteiger charge is 2.52. The van der Waals surface area contributed by atoms with Crippen molar-refractivity contribution in [2.45, 2.75) is 9.79 Å². The Kier molecular flexibility index (Phi) is 14.3. The normalized spacial score (nSPS) is 11.2. The molecule has 6 aromatic carbocycles. The van der Waals surface area contributed by atoms with Gasteiger partial charge in [-0.3, -0.25) is 10.1 Å². The van der Waals surface area contributed by atoms with Crippen LogP contribution in [0.25, 0.3) is 0 Å². The van der Waals surface area contributed by atoms with E-state index in [9.17, 15) is 4.79 Å². The predicted molar refractivity (Wildman–Crippen MR) is 206 cm³/mol. The molecule has 0 aromatic heterocycles. The Hall–Kier alpha value is -3.34. The van der Waals surface area contributed by atoms with Crippen molar-refractivity contribution in [2.24, 2.45) is 0 Å². The first-order chi connectivity index (χ1) is 24.9. The van der Waals surface area contributed by atoms with Crippen molar-refractivity contribution >= 4 is 87.4 Å². The first kappa shape index (κ1) is 39.9. The van der Waals surface area contributed by atoms with Gasteiger partial charge in [0.05, 0.1) is 0 Å². The van der Waals surface area contributed by atoms with Crippen LogP contribution in [0.15, 0.2) is 183 Å². The summed E-state index contributed by atoms with van der Waals surface area (Å²) in [5.41, 5.74) is 1.33. The first-order valence-electron chi connectivity index (χ1n) is 15.3. The second kappa shape index (κ2) is 18.6. The van der Waals surface area contributed by atoms with E-state index < -0.39 is 17.5 Å². The van der Waals surface area contributed by atoms with Gasteiger partial charge >= 0.3 is 0 Å². The molecular weight excluding hydrogens is 799 g/mol. The topological polar surface area (TPSA) is 121 Å². The van der Waals surface area contributed by atoms with E-state index >= 15 is 0 Å². The Bertz CT molecular complexity index is 1940. The van der Waals surface area contributed by atoms with Gasteiger partial charge in [-0.2, -0.15) is 0 Å². The standard InChI is InChI=1S/C39H27Cl3NOPS2.ClHO4/c40-29-18-16-28(17-19-29)37(44)43-38(39(46-35-24-20-30(41)21-25-35)47-36-26-22-31(42)23-27-36)45(32-10-4-1-5-11-32,33-12-6-2-7-13-33)34-14-8-3-9-15-34;2-1(3,4)5/h1-27H;(H,2,3,4,5). The summed E-state index contributed by atoms with van der Waals surface area (Å²) in [5.74, 6) is -0.227. The maximum Gasteiger partial charge on any atom is 0.258 e. The predicted octanol–water partition coefficient (Wildman–Crippen LogP) is 6.33. The van der Waals surface area contributed by atoms with Gasteiger partial charge in [0.15, 0.2) is 12.7 Å². The lowest BCUT2D eigenvalue weighted by atomic mass is 10.2. The second-order valence-corrected chi connectivity index (χ2v) is 18.6. The molecule has 1 N–H and O–H groups in total. The molecule has 0 radical (unpaired) electrons. The highest BCUT2D eigenvalue weighted by molar-refractivity contribution is 8.23. The average Bonchev–Trinajstić information content (AvgIpc) is 3.14. The Morgan fingerprint density at radius 2 is 0.808 bits per heavy atom. The van der Waals surface area contributed by atoms with E-state index in [-0.39, 0.29) is 5.91 Å². The smallest absolute Gasteiger partial charge is 0.258 e. The third-order valence-electron chi connectivity index (χ3n) is 7.35. The molecule has 6 rings (SSSR count). The summed E-state index contributed by atoms with van der Waals surface area (Å²) in [6.07, 6.45) is 0. The first-order valence-corrected chi connectivity index (χ1v) is 21.1. The van der Waals surface area contributed by atoms with Crippen molar-refractivity contribution < 1.29 is 33.7 Å². The molecule has 6 nitrogen and oxygen atoms in total. The van der Waals surface area contributed by atoms with Crippen LogP contribution in [0.1, 0.15) is 10.4 Å². The number of hydrogen-bond donors (Lipinski definition) is 1. The van der Waals surface area contributed by atoms with E-state index in [1.165, 1.54) is 0 Å². The second-order valence-electron chi connectivity index (χ2n) is 10.8. The Morgan fingerprint density at radius 3 is 1.13 bits per heavy atom. The number of benzene rings is 6. The van der Waals surface area contributed by atoms with Gasteiger partial charge in [-0.25, -0.2) is 18.6 Å². The van der Waals surface area contributed by atoms with Gasteiger partial charge in [0, 0.05) is 30.4 Å². The van der Waals surface area contributed by atoms with E-state index in [4.69, 9.17) is 53.4 Å². The van der Waals surface area contributed by atoms with Crippen LogP contribution in [0, 0.1) is 10.2 Å². The van der Waals surface area contributed by atoms with Crippen molar-refractivity contribution in [3.05, 3.63) is 194 Å². The maximum absolute atomic E-state index is 14.4. The lowest BCUT2D eigenvalue weighted by Crippen LogP contribution is -2.68. The van der Waals surface area contributed by atoms with E-state index in [0.717, 1.165) is 35.4 Å². The molecule has 264 valence electrons. The molecule has 0 spiro atoms. The van der Waals surface area contributed by atoms with Gasteiger partial charge in [-0.05, 0) is 109 Å². The molecule has 0 aliphatic carbocycles. The minimum Gasteiger partial charge on any atom is -0.291 e. The lowest BCUT2D eigenvalue weighted by Gasteiger charge is -2.31. The molecule has 0 bridgehead atoms. The molecule has 1 amide bonds. The van der Waals surface area contributed by atoms with Gasteiger partial charge in [0.25, 0.3) is 5.91 Å². The van der Waals surface area contributed by atoms with Crippen LogP contribution in [0.3, 0.4) is 0 Å². The Labute approximate surface area is 328 Å². The monoisotopic (exact) mass is 825 g/mol. The van der Waals surface area contributed by atoms with Gasteiger partial charge in [0.1, 0.15) is 20.2 Å². The van der Waals surface area contributed by atoms with Crippen LogP contribution in [-0.4, -0.2) is 5.91 Å². The minimum atomic E-state index is -4.94. The molecule has 0 aliphatic heterocycles. The molecule has 0 fully saturated rings. The van der Waals surface area contributed by atoms with Crippen LogP contribution in [0.2, 0.25) is 15.1 Å². The molecule has 0 aliphatic rings. The summed E-state index contributed by atoms with van der Waals surface area (Å²) in [6.45, 7) is 0. The molecule has 13 heteroatoms. The van der Waals surface area contributed by atoms with Gasteiger partial charge in [-0.15, -0.1) is 10.2 Å². The molecule has 0 atom stereocenters. The number of carbonyl (C=O) groups excluding carboxylic acids is 1. The number of nitrogens with one attached hydrogen (secondary N) is 1. The molecule has 0 saturated carbocycles. The molecule has 6 aromatic rings. The number of thioether (sulfide) groups is 2. The summed E-state index contributed by atoms with van der Waals surface area (Å²) in [6, 6.07) is 54.0. The van der Waals surface area contributed by atoms with Gasteiger partial charge < -0.3 is 0 Å². The highest BCUT2D eigenvalue weighted by Crippen LogP contribution is 2.65. The molecule has 52 heavy (non-hydrogen) atoms. The van der Waals surface area contributed by atoms with E-state index in [1.807, 2.05) is 66.7 Å². The lowest BCUT2D eigenvalue weighted by molar-refractivity contribution is -2.00. The van der Waals surface area contributed by atoms with Crippen molar-refractivity contribution in [1.29, 1.82) is 0 Å². The third-order valence-corrected chi connectivity index (χ3v) is 14.9. The van der Waals surface area contributed by atoms with E-state index in [0.29, 0.717) is 20.6 Å². The van der Waals surface area contributed by atoms with Crippen molar-refractivity contribution in [3.8, 4) is 0 Å². The fraction of sp³-hybridized carbons (Fsp3) is 0. The fourth-order valence-electron chi connectivity index (χ4n) is 5.18. The Balaban J connectivity index is 0.000000979. The SMILES string of the molecule is O=C(NC(=C(Sc1ccc(Cl)cc1)Sc1ccc(Cl)cc1)[P+](c1ccccc1)(c1ccccc1)c1ccccc1)c1ccc(Cl)cc1.[O-][Cl+3]([O-])([O-])[O-]. The van der Waals surface area contributed by atoms with Crippen molar-refractivity contribution in [1.82, 2.24) is 5.32 Å². The molecular formula is C39H28Cl4NO5PS2. The van der Waals surface area contributed by atoms with Crippen LogP contribution in [-0.2, 0) is 0 Å². The van der Waals surface area contributed by atoms with E-state index in [2.05, 4.69) is 78.1 Å². The molecule has 0 unspecified atom stereocenters. The summed E-state index contributed by atoms with van der Waals surface area (Å²) in [4.78, 5) is 16.3. The summed E-state index contributed by atoms with van der Waals surface area (Å²) < 4.78 is 34.9. The number of amides is 1. The van der Waals surface area contributed by atoms with Crippen LogP contribution in [0.4, 0.5) is 0 Å². The highest BCUT2D eigenvalue weighted by atomic mass is 35.7. The largest absolute Gasteiger partial charge is 0.291 e. The number of rotatable bonds is 10. The summed E-state index contributed by atoms with van der Waals surface area (Å²) >= 11 is 22.1. The van der Waals surface area contributed by atoms with Gasteiger partial charge in [-0.1, -0.05) is 113 Å². The van der Waals surface area contributed by atoms with E-state index in [1.54, 1.807) is 47.8 Å². The van der Waals surface area contributed by atoms with Crippen molar-refractivity contribution in [2.75, 3.05) is 0 Å². The average molecular weight is 828 g/mol. The summed E-state index contributed by atoms with van der Waals surface area (Å²) in [7, 11) is -7.71. The zero-order valence-electron chi connectivity index (χ0n) is 26.9. The Morgan fingerprint density at radius 1 is 0.500 bits per heavy atom. The van der Waals surface area contributed by atoms with Gasteiger partial charge in [0.2, 0.25) is 0 Å². The number of hydrogen-bond acceptors (Lipinski definition) is 7. The molecule has 0 heterocycles. The fourth-order valence-corrected chi connectivity index (χ4v) is 12.7. The van der Waals surface area contributed by atoms with Crippen LogP contribution >= 0.6 is 65.6 Å². The zero-order valence-corrected chi connectivity index (χ0v) is 32.5. The maximum atomic E-state index is 14.4. The number of carbonyl (C=O) groups is 1. The summed E-state index contributed by atoms with van der Waals surface area (Å²) in [5, 5.41) is 8.70. The molecule has 0 saturated heterocycles. The number of halogens is 4. The van der Waals surface area contributed by atoms with Crippen molar-refractivity contribution in [3.63, 3.8) is 0 Å². The quantitative estimate of drug-likeness (QED) is 0.127. The third kappa shape index (κ3) is 10.9.